The summed E-state index contributed by atoms with van der Waals surface area (Å²) < 4.78 is 52.7. The van der Waals surface area contributed by atoms with Crippen LogP contribution in [0.25, 0.3) is 65.4 Å². The van der Waals surface area contributed by atoms with E-state index in [4.69, 9.17) is 34.8 Å². The Morgan fingerprint density at radius 3 is 1.30 bits per heavy atom. The second-order valence-electron chi connectivity index (χ2n) is 21.6. The summed E-state index contributed by atoms with van der Waals surface area (Å²) in [5.74, 6) is -0.0143. The first-order chi connectivity index (χ1) is 42.8. The fourth-order valence-corrected chi connectivity index (χ4v) is 10.4. The number of hydrogen-bond donors (Lipinski definition) is 0. The molecule has 6 aromatic carbocycles. The molecule has 0 unspecified atom stereocenters. The zero-order valence-electron chi connectivity index (χ0n) is 59.6. The molecular formula is C78H108Cl3F3N6. The summed E-state index contributed by atoms with van der Waals surface area (Å²) in [5.41, 5.74) is 12.2. The van der Waals surface area contributed by atoms with Gasteiger partial charge in [0, 0.05) is 122 Å². The Labute approximate surface area is 555 Å². The first kappa shape index (κ1) is 81.2. The van der Waals surface area contributed by atoms with Crippen LogP contribution in [0.15, 0.2) is 146 Å². The Kier molecular flexibility index (Phi) is 35.6. The molecule has 0 amide bonds. The van der Waals surface area contributed by atoms with Crippen molar-refractivity contribution in [2.75, 3.05) is 0 Å². The fourth-order valence-electron chi connectivity index (χ4n) is 9.57. The molecule has 0 aliphatic heterocycles. The highest BCUT2D eigenvalue weighted by molar-refractivity contribution is 6.36. The van der Waals surface area contributed by atoms with Crippen molar-refractivity contribution in [1.82, 2.24) is 27.4 Å². The van der Waals surface area contributed by atoms with E-state index >= 15 is 0 Å². The van der Waals surface area contributed by atoms with Gasteiger partial charge >= 0.3 is 0 Å². The van der Waals surface area contributed by atoms with Crippen LogP contribution in [0.5, 0.6) is 0 Å². The molecule has 6 heterocycles. The van der Waals surface area contributed by atoms with Crippen molar-refractivity contribution in [3.8, 4) is 0 Å². The van der Waals surface area contributed by atoms with Gasteiger partial charge in [0.15, 0.2) is 0 Å². The van der Waals surface area contributed by atoms with Gasteiger partial charge in [0.1, 0.15) is 17.5 Å². The summed E-state index contributed by atoms with van der Waals surface area (Å²) in [4.78, 5) is 0. The smallest absolute Gasteiger partial charge is 0.147 e. The summed E-state index contributed by atoms with van der Waals surface area (Å²) in [5, 5.41) is 9.08. The summed E-state index contributed by atoms with van der Waals surface area (Å²) in [7, 11) is 11.6. The first-order valence-corrected chi connectivity index (χ1v) is 33.3. The van der Waals surface area contributed by atoms with Crippen LogP contribution >= 0.6 is 34.8 Å². The Morgan fingerprint density at radius 1 is 0.400 bits per heavy atom. The Hall–Kier alpha value is -6.78. The molecule has 90 heavy (non-hydrogen) atoms. The minimum atomic E-state index is -0.134. The third kappa shape index (κ3) is 21.4. The van der Waals surface area contributed by atoms with Gasteiger partial charge in [-0.15, -0.1) is 0 Å². The highest BCUT2D eigenvalue weighted by Gasteiger charge is 2.17. The number of halogens is 6. The molecule has 0 atom stereocenters. The SMILES string of the molecule is CC.CC.CC.CC.CC.CC.CC(C)c1cc(F)c2c(ccn2C)c1.CCc1cc(F)c2c(ccn2C)c1.Cc1cc(Cl)c2c(ccn2C)c1.Cc1cc2ccn(C)c2cc1Cl.Cc1ccc2c(ccn2C)c1Cl.Cn1ccc2cc(C(C)(C)C)cc(F)c21. The molecule has 0 aliphatic rings. The molecule has 12 aromatic rings. The van der Waals surface area contributed by atoms with Gasteiger partial charge in [-0.3, -0.25) is 0 Å². The van der Waals surface area contributed by atoms with E-state index in [1.807, 2.05) is 250 Å². The van der Waals surface area contributed by atoms with Crippen molar-refractivity contribution >= 4 is 100 Å². The number of nitrogens with zero attached hydrogens (tertiary/aromatic N) is 6. The predicted octanol–water partition coefficient (Wildman–Crippen LogP) is 25.5. The van der Waals surface area contributed by atoms with Crippen LogP contribution < -0.4 is 0 Å². The molecule has 12 heteroatoms. The lowest BCUT2D eigenvalue weighted by atomic mass is 9.86. The minimum absolute atomic E-state index is 0.00906. The average Bonchev–Trinajstić information content (AvgIpc) is 1.81. The molecule has 492 valence electrons. The van der Waals surface area contributed by atoms with Gasteiger partial charge in [-0.05, 0) is 180 Å². The third-order valence-corrected chi connectivity index (χ3v) is 15.4. The van der Waals surface area contributed by atoms with Gasteiger partial charge in [-0.25, -0.2) is 13.2 Å². The summed E-state index contributed by atoms with van der Waals surface area (Å²) in [6.45, 7) is 42.6. The molecule has 6 aromatic heterocycles. The number of hydrogen-bond acceptors (Lipinski definition) is 0. The van der Waals surface area contributed by atoms with Gasteiger partial charge in [-0.2, -0.15) is 0 Å². The topological polar surface area (TPSA) is 29.6 Å². The van der Waals surface area contributed by atoms with E-state index in [0.29, 0.717) is 22.5 Å². The zero-order valence-corrected chi connectivity index (χ0v) is 61.9. The standard InChI is InChI=1S/C13H16FN.C12H14FN.C11H12FN.3C10H10ClN.6C2H6/c1-13(2,3)10-7-9-5-6-15(4)12(9)11(14)8-10;1-8(2)10-6-9-4-5-14(3)12(9)11(13)7-10;1-3-8-6-9-4-5-13(2)11(9)10(12)7-8;1-7-5-8-3-4-12(2)10(8)6-9(7)11;1-7-5-8-3-4-12(2)10(8)9(11)6-7;1-7-3-4-9-8(10(7)11)5-6-12(9)2;6*1-2/h5-8H,1-4H3;4-8H,1-3H3;4-7H,3H2,1-2H3;3*3-6H,1-2H3;6*1-2H3. The van der Waals surface area contributed by atoms with E-state index < -0.39 is 0 Å². The number of benzene rings is 6. The van der Waals surface area contributed by atoms with E-state index in [1.54, 1.807) is 18.2 Å². The second-order valence-corrected chi connectivity index (χ2v) is 22.8. The van der Waals surface area contributed by atoms with Crippen molar-refractivity contribution in [1.29, 1.82) is 0 Å². The van der Waals surface area contributed by atoms with Crippen LogP contribution in [0, 0.1) is 38.2 Å². The maximum absolute atomic E-state index is 13.9. The Balaban J connectivity index is 0.000000522. The number of rotatable bonds is 2. The number of aryl methyl sites for hydroxylation is 10. The van der Waals surface area contributed by atoms with Gasteiger partial charge in [0.25, 0.3) is 0 Å². The first-order valence-electron chi connectivity index (χ1n) is 32.1. The van der Waals surface area contributed by atoms with E-state index in [9.17, 15) is 13.2 Å². The average molecular weight is 1290 g/mol. The lowest BCUT2D eigenvalue weighted by molar-refractivity contribution is 0.575. The summed E-state index contributed by atoms with van der Waals surface area (Å²) >= 11 is 18.2. The summed E-state index contributed by atoms with van der Waals surface area (Å²) in [6.07, 6.45) is 12.6. The Bertz CT molecular complexity index is 4060. The van der Waals surface area contributed by atoms with Crippen LogP contribution in [0.1, 0.15) is 164 Å². The lowest BCUT2D eigenvalue weighted by Crippen LogP contribution is -2.11. The van der Waals surface area contributed by atoms with Crippen molar-refractivity contribution in [2.24, 2.45) is 42.3 Å². The highest BCUT2D eigenvalue weighted by Crippen LogP contribution is 2.31. The fraction of sp³-hybridized carbons (Fsp3) is 0.385. The van der Waals surface area contributed by atoms with E-state index in [-0.39, 0.29) is 22.9 Å². The normalized spacial score (nSPS) is 10.2. The molecule has 0 spiro atoms. The van der Waals surface area contributed by atoms with Crippen LogP contribution in [0.2, 0.25) is 15.1 Å². The molecule has 0 N–H and O–H groups in total. The molecule has 6 nitrogen and oxygen atoms in total. The quantitative estimate of drug-likeness (QED) is 0.165. The van der Waals surface area contributed by atoms with Crippen molar-refractivity contribution in [2.45, 2.75) is 163 Å². The zero-order chi connectivity index (χ0) is 69.1. The molecule has 0 aliphatic carbocycles. The second kappa shape index (κ2) is 39.5. The number of aromatic nitrogens is 6. The molecule has 0 fully saturated rings. The number of fused-ring (bicyclic) bond motifs is 6. The largest absolute Gasteiger partial charge is 0.351 e. The van der Waals surface area contributed by atoms with Gasteiger partial charge in [-0.1, -0.05) is 165 Å². The Morgan fingerprint density at radius 2 is 0.811 bits per heavy atom. The highest BCUT2D eigenvalue weighted by atomic mass is 35.5. The van der Waals surface area contributed by atoms with Crippen LogP contribution in [-0.2, 0) is 54.1 Å². The van der Waals surface area contributed by atoms with Crippen LogP contribution in [-0.4, -0.2) is 27.4 Å². The maximum Gasteiger partial charge on any atom is 0.147 e. The molecule has 0 saturated heterocycles. The third-order valence-electron chi connectivity index (χ3n) is 14.2. The summed E-state index contributed by atoms with van der Waals surface area (Å²) in [6, 6.07) is 35.5. The minimum Gasteiger partial charge on any atom is -0.351 e. The molecule has 0 saturated carbocycles. The van der Waals surface area contributed by atoms with Crippen molar-refractivity contribution in [3.63, 3.8) is 0 Å². The molecular weight excluding hydrogens is 1180 g/mol. The molecule has 0 bridgehead atoms. The lowest BCUT2D eigenvalue weighted by Gasteiger charge is -2.19. The van der Waals surface area contributed by atoms with Gasteiger partial charge in [0.05, 0.1) is 32.1 Å². The monoisotopic (exact) mass is 1290 g/mol. The van der Waals surface area contributed by atoms with E-state index in [2.05, 4.69) is 93.1 Å². The van der Waals surface area contributed by atoms with Crippen molar-refractivity contribution < 1.29 is 13.2 Å². The van der Waals surface area contributed by atoms with Crippen molar-refractivity contribution in [3.05, 3.63) is 212 Å². The predicted molar refractivity (Wildman–Crippen MR) is 397 cm³/mol. The van der Waals surface area contributed by atoms with Gasteiger partial charge < -0.3 is 27.4 Å². The van der Waals surface area contributed by atoms with Gasteiger partial charge in [0.2, 0.25) is 0 Å². The van der Waals surface area contributed by atoms with Crippen LogP contribution in [0.3, 0.4) is 0 Å². The maximum atomic E-state index is 13.9. The molecule has 0 radical (unpaired) electrons. The van der Waals surface area contributed by atoms with E-state index in [0.717, 1.165) is 76.4 Å². The molecule has 12 rings (SSSR count). The van der Waals surface area contributed by atoms with E-state index in [1.165, 1.54) is 27.4 Å². The van der Waals surface area contributed by atoms with Crippen LogP contribution in [0.4, 0.5) is 13.2 Å².